The SMILES string of the molecule is C=NCCO.CC.CC. The Morgan fingerprint density at radius 3 is 1.56 bits per heavy atom. The lowest BCUT2D eigenvalue weighted by Crippen LogP contribution is -1.83. The molecule has 0 rings (SSSR count). The lowest BCUT2D eigenvalue weighted by atomic mass is 10.7. The summed E-state index contributed by atoms with van der Waals surface area (Å²) < 4.78 is 0. The van der Waals surface area contributed by atoms with Gasteiger partial charge in [-0.15, -0.1) is 0 Å². The van der Waals surface area contributed by atoms with Crippen LogP contribution in [0.2, 0.25) is 0 Å². The van der Waals surface area contributed by atoms with E-state index in [-0.39, 0.29) is 6.61 Å². The first-order valence-electron chi connectivity index (χ1n) is 3.45. The van der Waals surface area contributed by atoms with Gasteiger partial charge in [-0.1, -0.05) is 27.7 Å². The van der Waals surface area contributed by atoms with Crippen molar-refractivity contribution in [2.45, 2.75) is 27.7 Å². The summed E-state index contributed by atoms with van der Waals surface area (Å²) in [6.07, 6.45) is 0. The summed E-state index contributed by atoms with van der Waals surface area (Å²) in [5.41, 5.74) is 0. The number of nitrogens with zero attached hydrogens (tertiary/aromatic N) is 1. The Morgan fingerprint density at radius 1 is 1.22 bits per heavy atom. The molecule has 0 atom stereocenters. The van der Waals surface area contributed by atoms with Crippen LogP contribution >= 0.6 is 0 Å². The smallest absolute Gasteiger partial charge is 0.0626 e. The van der Waals surface area contributed by atoms with Gasteiger partial charge in [0, 0.05) is 0 Å². The highest BCUT2D eigenvalue weighted by Crippen LogP contribution is 1.55. The molecule has 0 aliphatic carbocycles. The van der Waals surface area contributed by atoms with Gasteiger partial charge in [0.1, 0.15) is 0 Å². The first-order valence-corrected chi connectivity index (χ1v) is 3.45. The fourth-order valence-electron chi connectivity index (χ4n) is 0.0707. The van der Waals surface area contributed by atoms with Crippen LogP contribution in [0.4, 0.5) is 0 Å². The summed E-state index contributed by atoms with van der Waals surface area (Å²) in [5.74, 6) is 0. The predicted octanol–water partition coefficient (Wildman–Crippen LogP) is 1.73. The largest absolute Gasteiger partial charge is 0.394 e. The highest BCUT2D eigenvalue weighted by molar-refractivity contribution is 5.22. The molecule has 0 fully saturated rings. The van der Waals surface area contributed by atoms with Crippen molar-refractivity contribution in [1.82, 2.24) is 0 Å². The molecule has 0 radical (unpaired) electrons. The highest BCUT2D eigenvalue weighted by atomic mass is 16.3. The van der Waals surface area contributed by atoms with E-state index in [0.29, 0.717) is 6.54 Å². The van der Waals surface area contributed by atoms with Crippen LogP contribution in [0.3, 0.4) is 0 Å². The second-order valence-electron chi connectivity index (χ2n) is 0.671. The zero-order valence-electron chi connectivity index (χ0n) is 7.02. The molecule has 0 aromatic rings. The highest BCUT2D eigenvalue weighted by Gasteiger charge is 1.62. The van der Waals surface area contributed by atoms with Crippen LogP contribution in [0, 0.1) is 0 Å². The third kappa shape index (κ3) is 91.0. The van der Waals surface area contributed by atoms with Crippen molar-refractivity contribution in [3.8, 4) is 0 Å². The second kappa shape index (κ2) is 48.5. The normalized spacial score (nSPS) is 5.44. The molecule has 0 aliphatic heterocycles. The van der Waals surface area contributed by atoms with Crippen molar-refractivity contribution in [2.75, 3.05) is 13.2 Å². The monoisotopic (exact) mass is 133 g/mol. The Hall–Kier alpha value is -0.370. The average molecular weight is 133 g/mol. The molecule has 0 aromatic carbocycles. The molecular formula is C7H19NO. The van der Waals surface area contributed by atoms with Crippen LogP contribution in [0.25, 0.3) is 0 Å². The Morgan fingerprint density at radius 2 is 1.56 bits per heavy atom. The molecular weight excluding hydrogens is 114 g/mol. The molecule has 0 bridgehead atoms. The number of rotatable bonds is 2. The van der Waals surface area contributed by atoms with Crippen LogP contribution in [0.15, 0.2) is 4.99 Å². The number of aliphatic hydroxyl groups is 1. The van der Waals surface area contributed by atoms with E-state index in [0.717, 1.165) is 0 Å². The third-order valence-electron chi connectivity index (χ3n) is 0.258. The number of aliphatic hydroxyl groups excluding tert-OH is 1. The molecule has 0 saturated carbocycles. The topological polar surface area (TPSA) is 32.6 Å². The van der Waals surface area contributed by atoms with Crippen LogP contribution in [0.5, 0.6) is 0 Å². The maximum atomic E-state index is 7.93. The summed E-state index contributed by atoms with van der Waals surface area (Å²) in [6, 6.07) is 0. The van der Waals surface area contributed by atoms with E-state index in [9.17, 15) is 0 Å². The van der Waals surface area contributed by atoms with E-state index in [1.165, 1.54) is 0 Å². The van der Waals surface area contributed by atoms with E-state index < -0.39 is 0 Å². The van der Waals surface area contributed by atoms with Crippen molar-refractivity contribution in [3.63, 3.8) is 0 Å². The summed E-state index contributed by atoms with van der Waals surface area (Å²) in [5, 5.41) is 7.93. The van der Waals surface area contributed by atoms with Crippen molar-refractivity contribution in [2.24, 2.45) is 4.99 Å². The van der Waals surface area contributed by atoms with E-state index in [4.69, 9.17) is 5.11 Å². The Balaban J connectivity index is -0.0000000771. The van der Waals surface area contributed by atoms with Gasteiger partial charge in [0.15, 0.2) is 0 Å². The minimum absolute atomic E-state index is 0.115. The van der Waals surface area contributed by atoms with Crippen LogP contribution < -0.4 is 0 Å². The molecule has 0 saturated heterocycles. The van der Waals surface area contributed by atoms with E-state index in [2.05, 4.69) is 11.7 Å². The molecule has 2 heteroatoms. The van der Waals surface area contributed by atoms with Gasteiger partial charge in [0.2, 0.25) is 0 Å². The number of aliphatic imine (C=N–C) groups is 1. The number of hydrogen-bond acceptors (Lipinski definition) is 2. The van der Waals surface area contributed by atoms with Crippen molar-refractivity contribution < 1.29 is 5.11 Å². The standard InChI is InChI=1S/C3H7NO.2C2H6/c1-4-2-3-5;2*1-2/h5H,1-3H2;2*1-2H3. The molecule has 0 heterocycles. The second-order valence-corrected chi connectivity index (χ2v) is 0.671. The summed E-state index contributed by atoms with van der Waals surface area (Å²) in [7, 11) is 0. The molecule has 58 valence electrons. The Kier molecular flexibility index (Phi) is 85.4. The van der Waals surface area contributed by atoms with Gasteiger partial charge in [-0.3, -0.25) is 4.99 Å². The number of hydrogen-bond donors (Lipinski definition) is 1. The van der Waals surface area contributed by atoms with Gasteiger partial charge in [-0.05, 0) is 6.72 Å². The van der Waals surface area contributed by atoms with Crippen LogP contribution in [0.1, 0.15) is 27.7 Å². The van der Waals surface area contributed by atoms with E-state index in [1.54, 1.807) is 0 Å². The fraction of sp³-hybridized carbons (Fsp3) is 0.857. The first kappa shape index (κ1) is 15.9. The van der Waals surface area contributed by atoms with Gasteiger partial charge in [-0.2, -0.15) is 0 Å². The van der Waals surface area contributed by atoms with Gasteiger partial charge in [0.25, 0.3) is 0 Å². The Bertz CT molecular complexity index is 30.1. The minimum Gasteiger partial charge on any atom is -0.394 e. The summed E-state index contributed by atoms with van der Waals surface area (Å²) >= 11 is 0. The minimum atomic E-state index is 0.115. The molecule has 0 unspecified atom stereocenters. The first-order chi connectivity index (χ1) is 4.41. The molecule has 2 nitrogen and oxygen atoms in total. The van der Waals surface area contributed by atoms with Gasteiger partial charge in [0.05, 0.1) is 13.2 Å². The van der Waals surface area contributed by atoms with Crippen molar-refractivity contribution in [1.29, 1.82) is 0 Å². The summed E-state index contributed by atoms with van der Waals surface area (Å²) in [6.45, 7) is 11.7. The lowest BCUT2D eigenvalue weighted by molar-refractivity contribution is 0.307. The third-order valence-corrected chi connectivity index (χ3v) is 0.258. The van der Waals surface area contributed by atoms with E-state index >= 15 is 0 Å². The van der Waals surface area contributed by atoms with E-state index in [1.807, 2.05) is 27.7 Å². The van der Waals surface area contributed by atoms with Gasteiger partial charge in [-0.25, -0.2) is 0 Å². The van der Waals surface area contributed by atoms with Crippen LogP contribution in [-0.4, -0.2) is 25.0 Å². The molecule has 0 aromatic heterocycles. The average Bonchev–Trinajstić information content (AvgIpc) is 1.98. The molecule has 0 amide bonds. The zero-order chi connectivity index (χ0) is 8.12. The predicted molar refractivity (Wildman–Crippen MR) is 44.2 cm³/mol. The van der Waals surface area contributed by atoms with Gasteiger partial charge < -0.3 is 5.11 Å². The maximum Gasteiger partial charge on any atom is 0.0626 e. The fourth-order valence-corrected chi connectivity index (χ4v) is 0.0707. The zero-order valence-corrected chi connectivity index (χ0v) is 7.02. The summed E-state index contributed by atoms with van der Waals surface area (Å²) in [4.78, 5) is 3.35. The van der Waals surface area contributed by atoms with Crippen LogP contribution in [-0.2, 0) is 0 Å². The molecule has 0 spiro atoms. The maximum absolute atomic E-state index is 7.93. The lowest BCUT2D eigenvalue weighted by Gasteiger charge is -1.74. The van der Waals surface area contributed by atoms with Crippen molar-refractivity contribution >= 4 is 6.72 Å². The van der Waals surface area contributed by atoms with Gasteiger partial charge >= 0.3 is 0 Å². The molecule has 0 aliphatic rings. The molecule has 9 heavy (non-hydrogen) atoms. The molecule has 1 N–H and O–H groups in total. The quantitative estimate of drug-likeness (QED) is 0.572. The Labute approximate surface area is 58.6 Å². The van der Waals surface area contributed by atoms with Crippen molar-refractivity contribution in [3.05, 3.63) is 0 Å².